The van der Waals surface area contributed by atoms with Crippen molar-refractivity contribution in [2.45, 2.75) is 25.1 Å². The molecule has 0 saturated heterocycles. The van der Waals surface area contributed by atoms with Crippen molar-refractivity contribution in [3.05, 3.63) is 41.7 Å². The average molecular weight is 443 g/mol. The zero-order valence-electron chi connectivity index (χ0n) is 16.9. The first-order chi connectivity index (χ1) is 14.6. The second kappa shape index (κ2) is 9.96. The van der Waals surface area contributed by atoms with Crippen LogP contribution >= 0.6 is 0 Å². The number of halogens is 3. The number of hydrogen-bond acceptors (Lipinski definition) is 7. The number of hydrogen-bond donors (Lipinski definition) is 1. The molecule has 0 atom stereocenters. The van der Waals surface area contributed by atoms with Gasteiger partial charge in [-0.2, -0.15) is 18.3 Å². The minimum absolute atomic E-state index is 0.147. The first kappa shape index (κ1) is 23.7. The molecule has 0 aliphatic rings. The molecule has 0 spiro atoms. The number of amides is 1. The molecule has 1 aromatic carbocycles. The summed E-state index contributed by atoms with van der Waals surface area (Å²) in [7, 11) is 3.48. The molecule has 1 aromatic heterocycles. The van der Waals surface area contributed by atoms with Gasteiger partial charge in [-0.1, -0.05) is 0 Å². The van der Waals surface area contributed by atoms with Crippen molar-refractivity contribution in [2.24, 2.45) is 0 Å². The van der Waals surface area contributed by atoms with Gasteiger partial charge in [0.2, 0.25) is 0 Å². The molecule has 0 aliphatic heterocycles. The fraction of sp³-hybridized carbons (Fsp3) is 0.368. The lowest BCUT2D eigenvalue weighted by Crippen LogP contribution is -2.19. The number of ether oxygens (including phenoxy) is 3. The van der Waals surface area contributed by atoms with Crippen LogP contribution in [-0.4, -0.2) is 49.0 Å². The fourth-order valence-corrected chi connectivity index (χ4v) is 2.69. The molecular formula is C19H20F3N3O6. The molecular weight excluding hydrogens is 423 g/mol. The Bertz CT molecular complexity index is 940. The highest BCUT2D eigenvalue weighted by atomic mass is 19.4. The maximum Gasteiger partial charge on any atom is 0.419 e. The number of carbonyl (C=O) groups excluding carboxylic acids is 3. The van der Waals surface area contributed by atoms with Crippen molar-refractivity contribution in [3.63, 3.8) is 0 Å². The highest BCUT2D eigenvalue weighted by Gasteiger charge is 2.35. The molecule has 0 aliphatic carbocycles. The minimum atomic E-state index is -4.71. The maximum atomic E-state index is 13.2. The van der Waals surface area contributed by atoms with E-state index in [2.05, 4.69) is 19.9 Å². The quantitative estimate of drug-likeness (QED) is 0.625. The molecule has 2 rings (SSSR count). The summed E-state index contributed by atoms with van der Waals surface area (Å²) in [6.45, 7) is 0. The number of esters is 2. The van der Waals surface area contributed by atoms with Crippen molar-refractivity contribution in [3.8, 4) is 5.75 Å². The Morgan fingerprint density at radius 2 is 1.71 bits per heavy atom. The van der Waals surface area contributed by atoms with E-state index >= 15 is 0 Å². The molecule has 0 radical (unpaired) electrons. The standard InChI is InChI=1S/C19H20F3N3O6/c1-29-15-5-4-11(6-14(15)19(20,21)22)18(28)24-12-9-23-25(10-12)13(7-16(26)30-2)8-17(27)31-3/h4-6,9-10,13H,7-8H2,1-3H3,(H,24,28). The molecule has 9 nitrogen and oxygen atoms in total. The largest absolute Gasteiger partial charge is 0.496 e. The second-order valence-corrected chi connectivity index (χ2v) is 6.29. The summed E-state index contributed by atoms with van der Waals surface area (Å²) in [6, 6.07) is 2.16. The number of rotatable bonds is 8. The molecule has 12 heteroatoms. The van der Waals surface area contributed by atoms with Crippen molar-refractivity contribution in [1.29, 1.82) is 0 Å². The summed E-state index contributed by atoms with van der Waals surface area (Å²) in [5, 5.41) is 6.43. The third-order valence-corrected chi connectivity index (χ3v) is 4.26. The van der Waals surface area contributed by atoms with E-state index < -0.39 is 41.4 Å². The van der Waals surface area contributed by atoms with Gasteiger partial charge in [0.1, 0.15) is 5.75 Å². The van der Waals surface area contributed by atoms with Crippen LogP contribution in [-0.2, 0) is 25.2 Å². The number of anilines is 1. The zero-order valence-corrected chi connectivity index (χ0v) is 16.9. The minimum Gasteiger partial charge on any atom is -0.496 e. The SMILES string of the molecule is COC(=O)CC(CC(=O)OC)n1cc(NC(=O)c2ccc(OC)c(C(F)(F)F)c2)cn1. The molecule has 2 aromatic rings. The Balaban J connectivity index is 2.21. The smallest absolute Gasteiger partial charge is 0.419 e. The summed E-state index contributed by atoms with van der Waals surface area (Å²) in [5.41, 5.74) is -1.19. The van der Waals surface area contributed by atoms with Gasteiger partial charge in [0, 0.05) is 11.8 Å². The summed E-state index contributed by atoms with van der Waals surface area (Å²) >= 11 is 0. The summed E-state index contributed by atoms with van der Waals surface area (Å²) in [5.74, 6) is -2.41. The van der Waals surface area contributed by atoms with E-state index in [4.69, 9.17) is 4.74 Å². The van der Waals surface area contributed by atoms with Crippen molar-refractivity contribution < 1.29 is 41.8 Å². The predicted octanol–water partition coefficient (Wildman–Crippen LogP) is 2.83. The van der Waals surface area contributed by atoms with E-state index in [0.717, 1.165) is 13.2 Å². The normalized spacial score (nSPS) is 11.2. The van der Waals surface area contributed by atoms with Gasteiger partial charge < -0.3 is 19.5 Å². The molecule has 1 heterocycles. The van der Waals surface area contributed by atoms with Gasteiger partial charge in [0.25, 0.3) is 5.91 Å². The Morgan fingerprint density at radius 3 is 2.23 bits per heavy atom. The van der Waals surface area contributed by atoms with Crippen LogP contribution in [0.2, 0.25) is 0 Å². The second-order valence-electron chi connectivity index (χ2n) is 6.29. The van der Waals surface area contributed by atoms with Crippen LogP contribution in [0.25, 0.3) is 0 Å². The zero-order chi connectivity index (χ0) is 23.2. The number of benzene rings is 1. The average Bonchev–Trinajstić information content (AvgIpc) is 3.20. The van der Waals surface area contributed by atoms with Gasteiger partial charge in [0.05, 0.1) is 57.7 Å². The lowest BCUT2D eigenvalue weighted by molar-refractivity contribution is -0.144. The molecule has 0 unspecified atom stereocenters. The third kappa shape index (κ3) is 6.20. The predicted molar refractivity (Wildman–Crippen MR) is 100 cm³/mol. The molecule has 1 N–H and O–H groups in total. The van der Waals surface area contributed by atoms with Crippen LogP contribution < -0.4 is 10.1 Å². The Labute approximate surface area is 175 Å². The lowest BCUT2D eigenvalue weighted by Gasteiger charge is -2.15. The molecule has 0 bridgehead atoms. The van der Waals surface area contributed by atoms with Crippen LogP contribution in [0.1, 0.15) is 34.8 Å². The Kier molecular flexibility index (Phi) is 7.61. The van der Waals surface area contributed by atoms with Gasteiger partial charge in [0.15, 0.2) is 0 Å². The van der Waals surface area contributed by atoms with Crippen LogP contribution in [0.3, 0.4) is 0 Å². The number of aromatic nitrogens is 2. The Morgan fingerprint density at radius 1 is 1.10 bits per heavy atom. The van der Waals surface area contributed by atoms with E-state index in [1.165, 1.54) is 37.4 Å². The third-order valence-electron chi connectivity index (χ3n) is 4.26. The number of carbonyl (C=O) groups is 3. The van der Waals surface area contributed by atoms with Crippen LogP contribution in [0.5, 0.6) is 5.75 Å². The summed E-state index contributed by atoms with van der Waals surface area (Å²) in [6.07, 6.45) is -2.51. The number of nitrogens with zero attached hydrogens (tertiary/aromatic N) is 2. The first-order valence-corrected chi connectivity index (χ1v) is 8.83. The highest BCUT2D eigenvalue weighted by molar-refractivity contribution is 6.04. The molecule has 168 valence electrons. The van der Waals surface area contributed by atoms with Crippen molar-refractivity contribution >= 4 is 23.5 Å². The van der Waals surface area contributed by atoms with Crippen molar-refractivity contribution in [2.75, 3.05) is 26.6 Å². The van der Waals surface area contributed by atoms with E-state index in [1.54, 1.807) is 0 Å². The summed E-state index contributed by atoms with van der Waals surface area (Å²) < 4.78 is 54.7. The fourth-order valence-electron chi connectivity index (χ4n) is 2.69. The first-order valence-electron chi connectivity index (χ1n) is 8.83. The van der Waals surface area contributed by atoms with Gasteiger partial charge in [-0.25, -0.2) is 0 Å². The van der Waals surface area contributed by atoms with Gasteiger partial charge in [-0.05, 0) is 18.2 Å². The lowest BCUT2D eigenvalue weighted by atomic mass is 10.1. The van der Waals surface area contributed by atoms with E-state index in [0.29, 0.717) is 6.07 Å². The number of nitrogens with one attached hydrogen (secondary N) is 1. The van der Waals surface area contributed by atoms with E-state index in [9.17, 15) is 27.6 Å². The molecule has 1 amide bonds. The van der Waals surface area contributed by atoms with Crippen LogP contribution in [0.4, 0.5) is 18.9 Å². The molecule has 31 heavy (non-hydrogen) atoms. The summed E-state index contributed by atoms with van der Waals surface area (Å²) in [4.78, 5) is 35.6. The Hall–Kier alpha value is -3.57. The van der Waals surface area contributed by atoms with Crippen LogP contribution in [0, 0.1) is 0 Å². The molecule has 0 saturated carbocycles. The van der Waals surface area contributed by atoms with Crippen LogP contribution in [0.15, 0.2) is 30.6 Å². The van der Waals surface area contributed by atoms with Gasteiger partial charge in [-0.15, -0.1) is 0 Å². The van der Waals surface area contributed by atoms with E-state index in [-0.39, 0.29) is 24.1 Å². The highest BCUT2D eigenvalue weighted by Crippen LogP contribution is 2.36. The number of methoxy groups -OCH3 is 3. The monoisotopic (exact) mass is 443 g/mol. The van der Waals surface area contributed by atoms with Crippen molar-refractivity contribution in [1.82, 2.24) is 9.78 Å². The topological polar surface area (TPSA) is 109 Å². The van der Waals surface area contributed by atoms with Gasteiger partial charge in [-0.3, -0.25) is 19.1 Å². The van der Waals surface area contributed by atoms with Gasteiger partial charge >= 0.3 is 18.1 Å². The van der Waals surface area contributed by atoms with E-state index in [1.807, 2.05) is 0 Å². The molecule has 0 fully saturated rings. The maximum absolute atomic E-state index is 13.2. The number of alkyl halides is 3.